The predicted octanol–water partition coefficient (Wildman–Crippen LogP) is 3.08. The van der Waals surface area contributed by atoms with Crippen LogP contribution in [0.25, 0.3) is 11.0 Å². The van der Waals surface area contributed by atoms with E-state index in [1.807, 2.05) is 24.3 Å². The summed E-state index contributed by atoms with van der Waals surface area (Å²) in [6.07, 6.45) is 5.17. The van der Waals surface area contributed by atoms with Gasteiger partial charge in [0.15, 0.2) is 5.16 Å². The van der Waals surface area contributed by atoms with Gasteiger partial charge in [0.05, 0.1) is 16.3 Å². The van der Waals surface area contributed by atoms with Crippen LogP contribution >= 0.6 is 11.8 Å². The molecular formula is C17H19N3OS. The monoisotopic (exact) mass is 313 g/mol. The van der Waals surface area contributed by atoms with Gasteiger partial charge in [-0.3, -0.25) is 4.79 Å². The van der Waals surface area contributed by atoms with E-state index in [9.17, 15) is 4.79 Å². The van der Waals surface area contributed by atoms with Gasteiger partial charge < -0.3 is 9.47 Å². The Kier molecular flexibility index (Phi) is 3.45. The highest BCUT2D eigenvalue weighted by Crippen LogP contribution is 2.37. The molecule has 5 heteroatoms. The van der Waals surface area contributed by atoms with E-state index in [-0.39, 0.29) is 5.25 Å². The van der Waals surface area contributed by atoms with Crippen molar-refractivity contribution in [3.63, 3.8) is 0 Å². The van der Waals surface area contributed by atoms with Gasteiger partial charge in [-0.25, -0.2) is 4.98 Å². The number of allylic oxidation sites excluding steroid dienone is 1. The Hall–Kier alpha value is -1.75. The molecule has 1 saturated carbocycles. The molecule has 2 heterocycles. The molecule has 2 aliphatic rings. The average molecular weight is 313 g/mol. The summed E-state index contributed by atoms with van der Waals surface area (Å²) in [6, 6.07) is 8.63. The Morgan fingerprint density at radius 2 is 2.14 bits per heavy atom. The molecule has 0 N–H and O–H groups in total. The Balaban J connectivity index is 1.62. The van der Waals surface area contributed by atoms with Crippen molar-refractivity contribution in [2.75, 3.05) is 6.54 Å². The number of para-hydroxylation sites is 2. The highest BCUT2D eigenvalue weighted by atomic mass is 32.2. The molecule has 1 amide bonds. The molecule has 1 aromatic carbocycles. The molecule has 22 heavy (non-hydrogen) atoms. The summed E-state index contributed by atoms with van der Waals surface area (Å²) < 4.78 is 2.15. The van der Waals surface area contributed by atoms with Gasteiger partial charge in [-0.15, -0.1) is 6.58 Å². The molecule has 0 spiro atoms. The number of likely N-dealkylation sites (tertiary alicyclic amines) is 1. The average Bonchev–Trinajstić information content (AvgIpc) is 3.23. The van der Waals surface area contributed by atoms with Gasteiger partial charge in [-0.2, -0.15) is 0 Å². The Bertz CT molecular complexity index is 735. The van der Waals surface area contributed by atoms with Crippen LogP contribution in [0.3, 0.4) is 0 Å². The smallest absolute Gasteiger partial charge is 0.236 e. The summed E-state index contributed by atoms with van der Waals surface area (Å²) in [6.45, 7) is 5.46. The minimum Gasteiger partial charge on any atom is -0.339 e. The van der Waals surface area contributed by atoms with Crippen molar-refractivity contribution in [3.8, 4) is 0 Å². The Morgan fingerprint density at radius 1 is 1.32 bits per heavy atom. The number of rotatable bonds is 5. The molecule has 2 aromatic rings. The van der Waals surface area contributed by atoms with Gasteiger partial charge in [0, 0.05) is 19.1 Å². The number of hydrogen-bond donors (Lipinski definition) is 0. The fourth-order valence-corrected chi connectivity index (χ4v) is 4.27. The molecule has 0 bridgehead atoms. The maximum Gasteiger partial charge on any atom is 0.236 e. The summed E-state index contributed by atoms with van der Waals surface area (Å²) in [5.74, 6) is 0.296. The summed E-state index contributed by atoms with van der Waals surface area (Å²) in [5, 5.41) is 0.943. The van der Waals surface area contributed by atoms with Crippen LogP contribution in [0, 0.1) is 0 Å². The number of carbonyl (C=O) groups excluding carboxylic acids is 1. The highest BCUT2D eigenvalue weighted by molar-refractivity contribution is 8.00. The number of benzene rings is 1. The van der Waals surface area contributed by atoms with E-state index >= 15 is 0 Å². The Labute approximate surface area is 134 Å². The Morgan fingerprint density at radius 3 is 2.91 bits per heavy atom. The van der Waals surface area contributed by atoms with Crippen LogP contribution in [0.5, 0.6) is 0 Å². The maximum absolute atomic E-state index is 12.5. The first kappa shape index (κ1) is 13.9. The van der Waals surface area contributed by atoms with E-state index < -0.39 is 0 Å². The normalized spacial score (nSPS) is 21.7. The lowest BCUT2D eigenvalue weighted by molar-refractivity contribution is -0.127. The van der Waals surface area contributed by atoms with Gasteiger partial charge in [0.25, 0.3) is 0 Å². The molecule has 1 aromatic heterocycles. The third-order valence-electron chi connectivity index (χ3n) is 4.36. The molecule has 2 fully saturated rings. The van der Waals surface area contributed by atoms with E-state index in [1.54, 1.807) is 11.8 Å². The number of amides is 1. The largest absolute Gasteiger partial charge is 0.339 e. The minimum absolute atomic E-state index is 0.0148. The predicted molar refractivity (Wildman–Crippen MR) is 88.9 cm³/mol. The SMILES string of the molecule is C=CCn1c(SC2CCN(C3CC3)C2=O)nc2ccccc21. The lowest BCUT2D eigenvalue weighted by Gasteiger charge is -2.15. The van der Waals surface area contributed by atoms with Gasteiger partial charge in [-0.05, 0) is 31.4 Å². The second kappa shape index (κ2) is 5.47. The zero-order chi connectivity index (χ0) is 15.1. The van der Waals surface area contributed by atoms with Gasteiger partial charge in [-0.1, -0.05) is 30.0 Å². The van der Waals surface area contributed by atoms with Crippen LogP contribution in [0.1, 0.15) is 19.3 Å². The third-order valence-corrected chi connectivity index (χ3v) is 5.60. The molecule has 4 rings (SSSR count). The van der Waals surface area contributed by atoms with E-state index in [2.05, 4.69) is 22.1 Å². The van der Waals surface area contributed by atoms with Crippen molar-refractivity contribution < 1.29 is 4.79 Å². The van der Waals surface area contributed by atoms with Crippen LogP contribution in [0.4, 0.5) is 0 Å². The van der Waals surface area contributed by atoms with Crippen molar-refractivity contribution in [3.05, 3.63) is 36.9 Å². The first-order valence-corrected chi connectivity index (χ1v) is 8.69. The highest BCUT2D eigenvalue weighted by Gasteiger charge is 2.41. The van der Waals surface area contributed by atoms with Gasteiger partial charge in [0.1, 0.15) is 0 Å². The molecule has 4 nitrogen and oxygen atoms in total. The fraction of sp³-hybridized carbons (Fsp3) is 0.412. The quantitative estimate of drug-likeness (QED) is 0.796. The summed E-state index contributed by atoms with van der Waals surface area (Å²) in [5.41, 5.74) is 2.09. The van der Waals surface area contributed by atoms with Crippen LogP contribution in [-0.2, 0) is 11.3 Å². The minimum atomic E-state index is 0.0148. The van der Waals surface area contributed by atoms with E-state index in [0.717, 1.165) is 35.7 Å². The van der Waals surface area contributed by atoms with Crippen LogP contribution < -0.4 is 0 Å². The van der Waals surface area contributed by atoms with Gasteiger partial charge >= 0.3 is 0 Å². The first-order valence-electron chi connectivity index (χ1n) is 7.81. The van der Waals surface area contributed by atoms with Crippen molar-refractivity contribution in [2.45, 2.75) is 42.3 Å². The third kappa shape index (κ3) is 2.33. The van der Waals surface area contributed by atoms with Crippen molar-refractivity contribution in [1.29, 1.82) is 0 Å². The zero-order valence-corrected chi connectivity index (χ0v) is 13.3. The van der Waals surface area contributed by atoms with Crippen molar-refractivity contribution in [2.24, 2.45) is 0 Å². The van der Waals surface area contributed by atoms with Crippen LogP contribution in [0.2, 0.25) is 0 Å². The number of imidazole rings is 1. The topological polar surface area (TPSA) is 38.1 Å². The molecule has 1 unspecified atom stereocenters. The number of fused-ring (bicyclic) bond motifs is 1. The first-order chi connectivity index (χ1) is 10.8. The summed E-state index contributed by atoms with van der Waals surface area (Å²) >= 11 is 1.61. The van der Waals surface area contributed by atoms with E-state index in [4.69, 9.17) is 4.98 Å². The van der Waals surface area contributed by atoms with Crippen molar-refractivity contribution in [1.82, 2.24) is 14.5 Å². The second-order valence-corrected chi connectivity index (χ2v) is 7.11. The van der Waals surface area contributed by atoms with E-state index in [1.165, 1.54) is 12.8 Å². The summed E-state index contributed by atoms with van der Waals surface area (Å²) in [7, 11) is 0. The maximum atomic E-state index is 12.5. The van der Waals surface area contributed by atoms with Crippen molar-refractivity contribution >= 4 is 28.7 Å². The number of aromatic nitrogens is 2. The lowest BCUT2D eigenvalue weighted by Crippen LogP contribution is -2.30. The lowest BCUT2D eigenvalue weighted by atomic mass is 10.3. The van der Waals surface area contributed by atoms with Crippen LogP contribution in [0.15, 0.2) is 42.1 Å². The summed E-state index contributed by atoms with van der Waals surface area (Å²) in [4.78, 5) is 19.3. The fourth-order valence-electron chi connectivity index (χ4n) is 3.11. The zero-order valence-electron chi connectivity index (χ0n) is 12.4. The molecule has 1 atom stereocenters. The molecule has 1 saturated heterocycles. The van der Waals surface area contributed by atoms with Crippen LogP contribution in [-0.4, -0.2) is 38.2 Å². The number of hydrogen-bond acceptors (Lipinski definition) is 3. The van der Waals surface area contributed by atoms with E-state index in [0.29, 0.717) is 11.9 Å². The second-order valence-electron chi connectivity index (χ2n) is 5.94. The molecule has 114 valence electrons. The molecule has 1 aliphatic carbocycles. The number of carbonyl (C=O) groups is 1. The number of nitrogens with zero attached hydrogens (tertiary/aromatic N) is 3. The van der Waals surface area contributed by atoms with Gasteiger partial charge in [0.2, 0.25) is 5.91 Å². The molecular weight excluding hydrogens is 294 g/mol. The standard InChI is InChI=1S/C17H19N3OS/c1-2-10-20-14-6-4-3-5-13(14)18-17(20)22-15-9-11-19(16(15)21)12-7-8-12/h2-6,12,15H,1,7-11H2. The molecule has 1 aliphatic heterocycles. The molecule has 0 radical (unpaired) electrons. The number of thioether (sulfide) groups is 1.